The fourth-order valence-electron chi connectivity index (χ4n) is 1.77. The summed E-state index contributed by atoms with van der Waals surface area (Å²) >= 11 is 6.07. The largest absolute Gasteiger partial charge is 0.492 e. The number of benzene rings is 1. The molecule has 4 heteroatoms. The van der Waals surface area contributed by atoms with Crippen LogP contribution in [0, 0.1) is 0 Å². The van der Waals surface area contributed by atoms with Crippen molar-refractivity contribution in [3.05, 3.63) is 28.8 Å². The van der Waals surface area contributed by atoms with E-state index in [9.17, 15) is 0 Å². The molecule has 0 unspecified atom stereocenters. The highest BCUT2D eigenvalue weighted by Gasteiger charge is 2.00. The van der Waals surface area contributed by atoms with E-state index in [1.165, 1.54) is 6.42 Å². The number of ether oxygens (including phenoxy) is 2. The highest BCUT2D eigenvalue weighted by molar-refractivity contribution is 6.31. The molecule has 1 aromatic carbocycles. The molecule has 0 heterocycles. The molecule has 0 fully saturated rings. The summed E-state index contributed by atoms with van der Waals surface area (Å²) in [7, 11) is 0. The molecule has 1 N–H and O–H groups in total. The molecule has 1 rings (SSSR count). The average Bonchev–Trinajstić information content (AvgIpc) is 2.47. The summed E-state index contributed by atoms with van der Waals surface area (Å²) in [6.45, 7) is 8.22. The van der Waals surface area contributed by atoms with Crippen LogP contribution in [0.2, 0.25) is 5.02 Å². The van der Waals surface area contributed by atoms with Crippen molar-refractivity contribution in [2.45, 2.75) is 33.1 Å². The molecule has 114 valence electrons. The lowest BCUT2D eigenvalue weighted by atomic mass is 10.1. The van der Waals surface area contributed by atoms with E-state index in [2.05, 4.69) is 19.2 Å². The Morgan fingerprint density at radius 1 is 1.10 bits per heavy atom. The fraction of sp³-hybridized carbons (Fsp3) is 0.625. The zero-order valence-corrected chi connectivity index (χ0v) is 13.3. The lowest BCUT2D eigenvalue weighted by Gasteiger charge is -2.09. The maximum absolute atomic E-state index is 6.07. The molecule has 0 bridgehead atoms. The molecule has 20 heavy (non-hydrogen) atoms. The first kappa shape index (κ1) is 17.3. The Kier molecular flexibility index (Phi) is 9.46. The van der Waals surface area contributed by atoms with Crippen LogP contribution in [0.25, 0.3) is 0 Å². The summed E-state index contributed by atoms with van der Waals surface area (Å²) in [4.78, 5) is 0. The minimum atomic E-state index is 0.653. The van der Waals surface area contributed by atoms with Crippen molar-refractivity contribution < 1.29 is 9.47 Å². The van der Waals surface area contributed by atoms with E-state index in [4.69, 9.17) is 21.1 Å². The van der Waals surface area contributed by atoms with Gasteiger partial charge in [-0.3, -0.25) is 0 Å². The Morgan fingerprint density at radius 3 is 2.65 bits per heavy atom. The van der Waals surface area contributed by atoms with Crippen LogP contribution in [0.4, 0.5) is 0 Å². The van der Waals surface area contributed by atoms with E-state index in [1.54, 1.807) is 0 Å². The summed E-state index contributed by atoms with van der Waals surface area (Å²) in [6.07, 6.45) is 3.24. The van der Waals surface area contributed by atoms with Gasteiger partial charge in [0.15, 0.2) is 0 Å². The Hall–Kier alpha value is -0.770. The second-order valence-corrected chi connectivity index (χ2v) is 5.08. The van der Waals surface area contributed by atoms with Gasteiger partial charge < -0.3 is 14.8 Å². The molecule has 0 aliphatic heterocycles. The molecule has 0 saturated heterocycles. The van der Waals surface area contributed by atoms with Crippen LogP contribution in [0.3, 0.4) is 0 Å². The van der Waals surface area contributed by atoms with E-state index in [0.29, 0.717) is 6.61 Å². The van der Waals surface area contributed by atoms with Crippen LogP contribution in [-0.4, -0.2) is 32.9 Å². The zero-order chi connectivity index (χ0) is 14.6. The summed E-state index contributed by atoms with van der Waals surface area (Å²) < 4.78 is 11.2. The van der Waals surface area contributed by atoms with Gasteiger partial charge in [-0.1, -0.05) is 31.9 Å². The third kappa shape index (κ3) is 7.13. The van der Waals surface area contributed by atoms with Gasteiger partial charge in [0.1, 0.15) is 12.4 Å². The number of unbranched alkanes of at least 4 members (excludes halogenated alkanes) is 1. The maximum Gasteiger partial charge on any atom is 0.119 e. The van der Waals surface area contributed by atoms with Crippen molar-refractivity contribution in [1.29, 1.82) is 0 Å². The number of hydrogen-bond donors (Lipinski definition) is 1. The predicted molar refractivity (Wildman–Crippen MR) is 84.9 cm³/mol. The van der Waals surface area contributed by atoms with Crippen molar-refractivity contribution in [3.63, 3.8) is 0 Å². The van der Waals surface area contributed by atoms with Gasteiger partial charge in [-0.15, -0.1) is 0 Å². The SMILES string of the molecule is CCCCOCCNCCOc1ccc(Cl)c(CC)c1. The Balaban J connectivity index is 2.06. The van der Waals surface area contributed by atoms with Gasteiger partial charge >= 0.3 is 0 Å². The van der Waals surface area contributed by atoms with Crippen LogP contribution in [0.1, 0.15) is 32.3 Å². The third-order valence-corrected chi connectivity index (χ3v) is 3.38. The molecule has 0 amide bonds. The first-order valence-electron chi connectivity index (χ1n) is 7.47. The van der Waals surface area contributed by atoms with Crippen LogP contribution < -0.4 is 10.1 Å². The number of halogens is 1. The Labute approximate surface area is 127 Å². The second kappa shape index (κ2) is 11.0. The first-order valence-corrected chi connectivity index (χ1v) is 7.85. The molecule has 0 spiro atoms. The molecular weight excluding hydrogens is 274 g/mol. The highest BCUT2D eigenvalue weighted by Crippen LogP contribution is 2.22. The number of aryl methyl sites for hydroxylation is 1. The van der Waals surface area contributed by atoms with Gasteiger partial charge in [-0.2, -0.15) is 0 Å². The molecule has 0 radical (unpaired) electrons. The van der Waals surface area contributed by atoms with Crippen molar-refractivity contribution in [3.8, 4) is 5.75 Å². The number of rotatable bonds is 11. The quantitative estimate of drug-likeness (QED) is 0.632. The van der Waals surface area contributed by atoms with Gasteiger partial charge in [0.2, 0.25) is 0 Å². The van der Waals surface area contributed by atoms with Crippen LogP contribution >= 0.6 is 11.6 Å². The first-order chi connectivity index (χ1) is 9.77. The normalized spacial score (nSPS) is 10.8. The predicted octanol–water partition coefficient (Wildman–Crippen LogP) is 3.69. The van der Waals surface area contributed by atoms with Gasteiger partial charge in [-0.05, 0) is 36.6 Å². The van der Waals surface area contributed by atoms with Gasteiger partial charge in [-0.25, -0.2) is 0 Å². The van der Waals surface area contributed by atoms with Crippen molar-refractivity contribution in [2.75, 3.05) is 32.9 Å². The summed E-state index contributed by atoms with van der Waals surface area (Å²) in [5.41, 5.74) is 1.13. The summed E-state index contributed by atoms with van der Waals surface area (Å²) in [6, 6.07) is 5.82. The van der Waals surface area contributed by atoms with Crippen molar-refractivity contribution >= 4 is 11.6 Å². The van der Waals surface area contributed by atoms with E-state index < -0.39 is 0 Å². The third-order valence-electron chi connectivity index (χ3n) is 3.01. The zero-order valence-electron chi connectivity index (χ0n) is 12.6. The number of nitrogens with one attached hydrogen (secondary N) is 1. The summed E-state index contributed by atoms with van der Waals surface area (Å²) in [5, 5.41) is 4.10. The Bertz CT molecular complexity index is 371. The molecule has 0 aliphatic rings. The average molecular weight is 300 g/mol. The fourth-order valence-corrected chi connectivity index (χ4v) is 2.02. The van der Waals surface area contributed by atoms with E-state index in [-0.39, 0.29) is 0 Å². The standard InChI is InChI=1S/C16H26ClNO2/c1-3-5-10-19-11-8-18-9-12-20-15-6-7-16(17)14(4-2)13-15/h6-7,13,18H,3-5,8-12H2,1-2H3. The molecule has 1 aromatic rings. The smallest absolute Gasteiger partial charge is 0.119 e. The van der Waals surface area contributed by atoms with Crippen LogP contribution in [-0.2, 0) is 11.2 Å². The molecule has 0 aliphatic carbocycles. The Morgan fingerprint density at radius 2 is 1.90 bits per heavy atom. The lowest BCUT2D eigenvalue weighted by Crippen LogP contribution is -2.25. The maximum atomic E-state index is 6.07. The van der Waals surface area contributed by atoms with Crippen molar-refractivity contribution in [1.82, 2.24) is 5.32 Å². The van der Waals surface area contributed by atoms with E-state index in [0.717, 1.165) is 55.5 Å². The highest BCUT2D eigenvalue weighted by atomic mass is 35.5. The monoisotopic (exact) mass is 299 g/mol. The minimum Gasteiger partial charge on any atom is -0.492 e. The van der Waals surface area contributed by atoms with Gasteiger partial charge in [0.25, 0.3) is 0 Å². The van der Waals surface area contributed by atoms with Crippen LogP contribution in [0.15, 0.2) is 18.2 Å². The topological polar surface area (TPSA) is 30.5 Å². The lowest BCUT2D eigenvalue weighted by molar-refractivity contribution is 0.132. The van der Waals surface area contributed by atoms with E-state index >= 15 is 0 Å². The minimum absolute atomic E-state index is 0.653. The van der Waals surface area contributed by atoms with Gasteiger partial charge in [0.05, 0.1) is 6.61 Å². The molecule has 0 aromatic heterocycles. The van der Waals surface area contributed by atoms with E-state index in [1.807, 2.05) is 18.2 Å². The summed E-state index contributed by atoms with van der Waals surface area (Å²) in [5.74, 6) is 0.882. The molecule has 3 nitrogen and oxygen atoms in total. The van der Waals surface area contributed by atoms with Gasteiger partial charge in [0, 0.05) is 24.7 Å². The second-order valence-electron chi connectivity index (χ2n) is 4.67. The van der Waals surface area contributed by atoms with Crippen LogP contribution in [0.5, 0.6) is 5.75 Å². The molecular formula is C16H26ClNO2. The molecule has 0 saturated carbocycles. The molecule has 0 atom stereocenters. The van der Waals surface area contributed by atoms with Crippen molar-refractivity contribution in [2.24, 2.45) is 0 Å². The number of hydrogen-bond acceptors (Lipinski definition) is 3.